The second-order valence-corrected chi connectivity index (χ2v) is 5.72. The average Bonchev–Trinajstić information content (AvgIpc) is 3.13. The molecule has 140 valence electrons. The van der Waals surface area contributed by atoms with E-state index < -0.39 is 30.3 Å². The molecule has 9 heteroatoms. The number of carbonyl (C=O) groups is 2. The van der Waals surface area contributed by atoms with Crippen molar-refractivity contribution in [1.82, 2.24) is 15.1 Å². The van der Waals surface area contributed by atoms with Gasteiger partial charge in [0, 0.05) is 18.3 Å². The molecular formula is C17H21N3O6. The molecule has 0 aliphatic carbocycles. The fourth-order valence-corrected chi connectivity index (χ4v) is 2.13. The van der Waals surface area contributed by atoms with Crippen LogP contribution in [-0.4, -0.2) is 49.8 Å². The minimum Gasteiger partial charge on any atom is -0.480 e. The van der Waals surface area contributed by atoms with Gasteiger partial charge in [0.15, 0.2) is 0 Å². The van der Waals surface area contributed by atoms with Crippen molar-refractivity contribution in [1.29, 1.82) is 0 Å². The Morgan fingerprint density at radius 2 is 1.96 bits per heavy atom. The number of carboxylic acid groups (broad SMARTS) is 1. The Morgan fingerprint density at radius 3 is 2.62 bits per heavy atom. The summed E-state index contributed by atoms with van der Waals surface area (Å²) in [4.78, 5) is 22.6. The van der Waals surface area contributed by atoms with E-state index in [0.717, 1.165) is 10.2 Å². The van der Waals surface area contributed by atoms with Crippen LogP contribution in [0, 0.1) is 0 Å². The number of carboxylic acids is 1. The molecule has 2 unspecified atom stereocenters. The lowest BCUT2D eigenvalue weighted by atomic mass is 10.1. The van der Waals surface area contributed by atoms with Gasteiger partial charge in [-0.3, -0.25) is 4.68 Å². The third-order valence-electron chi connectivity index (χ3n) is 3.75. The van der Waals surface area contributed by atoms with E-state index in [1.807, 2.05) is 30.3 Å². The molecule has 0 saturated heterocycles. The van der Waals surface area contributed by atoms with E-state index in [1.165, 1.54) is 19.3 Å². The molecule has 4 N–H and O–H groups in total. The topological polar surface area (TPSA) is 134 Å². The molecule has 1 amide bonds. The number of rotatable bonds is 8. The van der Waals surface area contributed by atoms with Gasteiger partial charge in [0.05, 0.1) is 6.20 Å². The first-order valence-corrected chi connectivity index (χ1v) is 7.96. The minimum absolute atomic E-state index is 0.0885. The molecule has 0 radical (unpaired) electrons. The Balaban J connectivity index is 1.80. The summed E-state index contributed by atoms with van der Waals surface area (Å²) >= 11 is 0. The molecule has 0 spiro atoms. The van der Waals surface area contributed by atoms with Crippen molar-refractivity contribution in [3.63, 3.8) is 0 Å². The normalized spacial score (nSPS) is 14.3. The summed E-state index contributed by atoms with van der Waals surface area (Å²) < 4.78 is 6.16. The third kappa shape index (κ3) is 5.30. The Kier molecular flexibility index (Phi) is 6.70. The highest BCUT2D eigenvalue weighted by Gasteiger charge is 2.23. The van der Waals surface area contributed by atoms with Crippen LogP contribution in [0.2, 0.25) is 0 Å². The predicted octanol–water partition coefficient (Wildman–Crippen LogP) is 0.849. The maximum atomic E-state index is 11.6. The molecule has 1 aromatic carbocycles. The Morgan fingerprint density at radius 1 is 1.27 bits per heavy atom. The molecule has 0 saturated carbocycles. The molecule has 1 heterocycles. The van der Waals surface area contributed by atoms with Crippen LogP contribution in [0.15, 0.2) is 42.7 Å². The lowest BCUT2D eigenvalue weighted by Crippen LogP contribution is -2.35. The predicted molar refractivity (Wildman–Crippen MR) is 90.2 cm³/mol. The summed E-state index contributed by atoms with van der Waals surface area (Å²) in [5.41, 5.74) is 1.06. The summed E-state index contributed by atoms with van der Waals surface area (Å²) in [5.74, 6) is -1.07. The number of aliphatic carboxylic acids is 1. The van der Waals surface area contributed by atoms with Crippen LogP contribution < -0.4 is 5.32 Å². The lowest BCUT2D eigenvalue weighted by Gasteiger charge is -2.17. The minimum atomic E-state index is -1.33. The second-order valence-electron chi connectivity index (χ2n) is 5.72. The van der Waals surface area contributed by atoms with Crippen molar-refractivity contribution >= 4 is 12.1 Å². The number of hydrogen-bond acceptors (Lipinski definition) is 6. The highest BCUT2D eigenvalue weighted by atomic mass is 16.5. The quantitative estimate of drug-likeness (QED) is 0.546. The Labute approximate surface area is 149 Å². The Hall–Kier alpha value is -2.91. The van der Waals surface area contributed by atoms with Gasteiger partial charge in [-0.15, -0.1) is 0 Å². The highest BCUT2D eigenvalue weighted by molar-refractivity contribution is 5.71. The summed E-state index contributed by atoms with van der Waals surface area (Å²) in [6.07, 6.45) is -0.770. The van der Waals surface area contributed by atoms with Crippen molar-refractivity contribution in [2.75, 3.05) is 6.54 Å². The Bertz CT molecular complexity index is 733. The fourth-order valence-electron chi connectivity index (χ4n) is 2.13. The number of carbonyl (C=O) groups excluding carboxylic acids is 1. The largest absolute Gasteiger partial charge is 0.480 e. The molecule has 1 aromatic heterocycles. The fraction of sp³-hybridized carbons (Fsp3) is 0.353. The van der Waals surface area contributed by atoms with Crippen LogP contribution >= 0.6 is 0 Å². The number of aromatic nitrogens is 2. The molecule has 0 aliphatic rings. The van der Waals surface area contributed by atoms with Gasteiger partial charge in [-0.05, 0) is 12.5 Å². The molecule has 0 fully saturated rings. The van der Waals surface area contributed by atoms with Crippen molar-refractivity contribution in [2.45, 2.75) is 31.8 Å². The maximum Gasteiger partial charge on any atom is 0.407 e. The average molecular weight is 363 g/mol. The molecule has 0 aliphatic heterocycles. The van der Waals surface area contributed by atoms with Gasteiger partial charge in [0.2, 0.25) is 0 Å². The molecule has 2 rings (SSSR count). The number of nitrogens with zero attached hydrogens (tertiary/aromatic N) is 2. The van der Waals surface area contributed by atoms with Crippen LogP contribution in [-0.2, 0) is 16.1 Å². The van der Waals surface area contributed by atoms with Crippen molar-refractivity contribution in [2.24, 2.45) is 0 Å². The smallest absolute Gasteiger partial charge is 0.407 e. The maximum absolute atomic E-state index is 11.6. The van der Waals surface area contributed by atoms with Crippen LogP contribution in [0.1, 0.15) is 30.2 Å². The van der Waals surface area contributed by atoms with Crippen LogP contribution in [0.4, 0.5) is 4.79 Å². The third-order valence-corrected chi connectivity index (χ3v) is 3.75. The summed E-state index contributed by atoms with van der Waals surface area (Å²) in [6, 6.07) is 8.20. The number of aliphatic hydroxyl groups is 2. The summed E-state index contributed by atoms with van der Waals surface area (Å²) in [5, 5.41) is 35.2. The van der Waals surface area contributed by atoms with Crippen LogP contribution in [0.5, 0.6) is 0 Å². The number of ether oxygens (including phenoxy) is 1. The van der Waals surface area contributed by atoms with Crippen molar-refractivity contribution in [3.05, 3.63) is 53.9 Å². The van der Waals surface area contributed by atoms with E-state index in [9.17, 15) is 19.8 Å². The van der Waals surface area contributed by atoms with E-state index in [4.69, 9.17) is 9.84 Å². The van der Waals surface area contributed by atoms with Crippen LogP contribution in [0.25, 0.3) is 0 Å². The van der Waals surface area contributed by atoms with Gasteiger partial charge in [-0.25, -0.2) is 9.59 Å². The number of aliphatic hydroxyl groups excluding tert-OH is 2. The van der Waals surface area contributed by atoms with Crippen molar-refractivity contribution in [3.8, 4) is 0 Å². The van der Waals surface area contributed by atoms with Gasteiger partial charge >= 0.3 is 12.1 Å². The monoisotopic (exact) mass is 363 g/mol. The second kappa shape index (κ2) is 8.97. The summed E-state index contributed by atoms with van der Waals surface area (Å²) in [7, 11) is 0. The van der Waals surface area contributed by atoms with Crippen LogP contribution in [0.3, 0.4) is 0 Å². The zero-order valence-electron chi connectivity index (χ0n) is 14.1. The standard InChI is InChI=1S/C17H21N3O6/c1-11(16(23)24)20-9-13(7-19-20)15(22)14(21)8-18-17(25)26-10-12-5-3-2-4-6-12/h2-7,9,11,14-15,21-22H,8,10H2,1H3,(H,18,25)(H,23,24)/t11-,14?,15?/m0/s1. The van der Waals surface area contributed by atoms with E-state index in [1.54, 1.807) is 0 Å². The van der Waals surface area contributed by atoms with Crippen molar-refractivity contribution < 1.29 is 29.6 Å². The SMILES string of the molecule is C[C@@H](C(=O)O)n1cc(C(O)C(O)CNC(=O)OCc2ccccc2)cn1. The number of amides is 1. The molecule has 9 nitrogen and oxygen atoms in total. The number of hydrogen-bond donors (Lipinski definition) is 4. The number of alkyl carbamates (subject to hydrolysis) is 1. The highest BCUT2D eigenvalue weighted by Crippen LogP contribution is 2.17. The molecule has 3 atom stereocenters. The van der Waals surface area contributed by atoms with E-state index in [-0.39, 0.29) is 18.7 Å². The van der Waals surface area contributed by atoms with Gasteiger partial charge < -0.3 is 25.4 Å². The van der Waals surface area contributed by atoms with E-state index in [0.29, 0.717) is 0 Å². The summed E-state index contributed by atoms with van der Waals surface area (Å²) in [6.45, 7) is 1.28. The van der Waals surface area contributed by atoms with Gasteiger partial charge in [0.1, 0.15) is 24.9 Å². The van der Waals surface area contributed by atoms with E-state index >= 15 is 0 Å². The molecule has 26 heavy (non-hydrogen) atoms. The van der Waals surface area contributed by atoms with Gasteiger partial charge in [-0.2, -0.15) is 5.10 Å². The first-order valence-electron chi connectivity index (χ1n) is 7.96. The molecular weight excluding hydrogens is 342 g/mol. The lowest BCUT2D eigenvalue weighted by molar-refractivity contribution is -0.140. The molecule has 2 aromatic rings. The number of benzene rings is 1. The molecule has 0 bridgehead atoms. The zero-order chi connectivity index (χ0) is 19.1. The first-order chi connectivity index (χ1) is 12.4. The van der Waals surface area contributed by atoms with E-state index in [2.05, 4.69) is 10.4 Å². The number of nitrogens with one attached hydrogen (secondary N) is 1. The van der Waals surface area contributed by atoms with Gasteiger partial charge in [0.25, 0.3) is 0 Å². The first kappa shape index (κ1) is 19.4. The van der Waals surface area contributed by atoms with Gasteiger partial charge in [-0.1, -0.05) is 30.3 Å². The zero-order valence-corrected chi connectivity index (χ0v) is 14.1.